The molecule has 1 N–H and O–H groups in total. The quantitative estimate of drug-likeness (QED) is 0.755. The van der Waals surface area contributed by atoms with Gasteiger partial charge in [-0.15, -0.1) is 0 Å². The highest BCUT2D eigenvalue weighted by molar-refractivity contribution is 5.48. The van der Waals surface area contributed by atoms with Crippen LogP contribution in [0.3, 0.4) is 0 Å². The zero-order chi connectivity index (χ0) is 10.8. The van der Waals surface area contributed by atoms with Crippen molar-refractivity contribution in [3.05, 3.63) is 35.4 Å². The first-order chi connectivity index (χ1) is 7.22. The number of para-hydroxylation sites is 1. The molecule has 1 aliphatic rings. The van der Waals surface area contributed by atoms with Crippen LogP contribution in [0.25, 0.3) is 0 Å². The molecule has 2 rings (SSSR count). The Hall–Kier alpha value is -1.48. The van der Waals surface area contributed by atoms with Gasteiger partial charge in [0.15, 0.2) is 11.5 Å². The third-order valence-corrected chi connectivity index (χ3v) is 2.48. The Labute approximate surface area is 88.9 Å². The van der Waals surface area contributed by atoms with Crippen molar-refractivity contribution < 1.29 is 14.6 Å². The number of hydrogen-bond acceptors (Lipinski definition) is 3. The smallest absolute Gasteiger partial charge is 0.163 e. The molecule has 80 valence electrons. The molecule has 0 spiro atoms. The SMILES string of the molecule is COc1cccc(C2C=C(C)CO2)c1O. The summed E-state index contributed by atoms with van der Waals surface area (Å²) in [5, 5.41) is 9.90. The minimum atomic E-state index is -0.153. The summed E-state index contributed by atoms with van der Waals surface area (Å²) in [6, 6.07) is 5.42. The van der Waals surface area contributed by atoms with Gasteiger partial charge in [0, 0.05) is 5.56 Å². The summed E-state index contributed by atoms with van der Waals surface area (Å²) in [5.74, 6) is 0.644. The highest BCUT2D eigenvalue weighted by atomic mass is 16.5. The van der Waals surface area contributed by atoms with Crippen molar-refractivity contribution in [3.8, 4) is 11.5 Å². The molecule has 0 aliphatic carbocycles. The van der Waals surface area contributed by atoms with E-state index in [1.807, 2.05) is 25.1 Å². The summed E-state index contributed by atoms with van der Waals surface area (Å²) in [4.78, 5) is 0. The second-order valence-corrected chi connectivity index (χ2v) is 3.64. The molecule has 1 heterocycles. The minimum Gasteiger partial charge on any atom is -0.504 e. The molecule has 1 aliphatic heterocycles. The Bertz CT molecular complexity index is 396. The van der Waals surface area contributed by atoms with Crippen LogP contribution in [0, 0.1) is 0 Å². The standard InChI is InChI=1S/C12H14O3/c1-8-6-11(15-7-8)9-4-3-5-10(14-2)12(9)13/h3-6,11,13H,7H2,1-2H3. The van der Waals surface area contributed by atoms with Crippen molar-refractivity contribution in [1.29, 1.82) is 0 Å². The molecule has 0 amide bonds. The van der Waals surface area contributed by atoms with E-state index in [0.29, 0.717) is 12.4 Å². The van der Waals surface area contributed by atoms with E-state index in [0.717, 1.165) is 5.56 Å². The van der Waals surface area contributed by atoms with Gasteiger partial charge in [0.25, 0.3) is 0 Å². The molecule has 0 fully saturated rings. The van der Waals surface area contributed by atoms with Crippen LogP contribution in [-0.2, 0) is 4.74 Å². The van der Waals surface area contributed by atoms with Crippen molar-refractivity contribution in [1.82, 2.24) is 0 Å². The van der Waals surface area contributed by atoms with E-state index in [1.54, 1.807) is 6.07 Å². The molecule has 1 unspecified atom stereocenters. The van der Waals surface area contributed by atoms with E-state index in [-0.39, 0.29) is 11.9 Å². The Morgan fingerprint density at radius 1 is 1.47 bits per heavy atom. The third-order valence-electron chi connectivity index (χ3n) is 2.48. The fraction of sp³-hybridized carbons (Fsp3) is 0.333. The Morgan fingerprint density at radius 3 is 2.87 bits per heavy atom. The summed E-state index contributed by atoms with van der Waals surface area (Å²) in [6.07, 6.45) is 1.86. The van der Waals surface area contributed by atoms with Crippen LogP contribution in [0.4, 0.5) is 0 Å². The Morgan fingerprint density at radius 2 is 2.27 bits per heavy atom. The number of rotatable bonds is 2. The highest BCUT2D eigenvalue weighted by Gasteiger charge is 2.20. The van der Waals surface area contributed by atoms with Crippen LogP contribution in [0.1, 0.15) is 18.6 Å². The van der Waals surface area contributed by atoms with Crippen LogP contribution in [-0.4, -0.2) is 18.8 Å². The maximum absolute atomic E-state index is 9.90. The van der Waals surface area contributed by atoms with Crippen LogP contribution in [0.2, 0.25) is 0 Å². The van der Waals surface area contributed by atoms with Gasteiger partial charge in [0.1, 0.15) is 6.10 Å². The van der Waals surface area contributed by atoms with Crippen LogP contribution in [0.15, 0.2) is 29.8 Å². The van der Waals surface area contributed by atoms with Gasteiger partial charge < -0.3 is 14.6 Å². The average molecular weight is 206 g/mol. The second-order valence-electron chi connectivity index (χ2n) is 3.64. The average Bonchev–Trinajstić information content (AvgIpc) is 2.65. The lowest BCUT2D eigenvalue weighted by Crippen LogP contribution is -1.97. The van der Waals surface area contributed by atoms with Gasteiger partial charge >= 0.3 is 0 Å². The van der Waals surface area contributed by atoms with Gasteiger partial charge in [-0.25, -0.2) is 0 Å². The van der Waals surface area contributed by atoms with Crippen molar-refractivity contribution >= 4 is 0 Å². The van der Waals surface area contributed by atoms with Crippen LogP contribution < -0.4 is 4.74 Å². The molecule has 1 atom stereocenters. The number of phenols is 1. The van der Waals surface area contributed by atoms with Gasteiger partial charge in [-0.05, 0) is 18.6 Å². The van der Waals surface area contributed by atoms with Gasteiger partial charge in [-0.2, -0.15) is 0 Å². The molecular formula is C12H14O3. The van der Waals surface area contributed by atoms with Crippen LogP contribution >= 0.6 is 0 Å². The molecule has 3 heteroatoms. The highest BCUT2D eigenvalue weighted by Crippen LogP contribution is 2.37. The van der Waals surface area contributed by atoms with E-state index in [4.69, 9.17) is 9.47 Å². The summed E-state index contributed by atoms with van der Waals surface area (Å²) in [5.41, 5.74) is 1.94. The Balaban J connectivity index is 2.36. The van der Waals surface area contributed by atoms with Crippen molar-refractivity contribution in [2.75, 3.05) is 13.7 Å². The summed E-state index contributed by atoms with van der Waals surface area (Å²) in [7, 11) is 1.54. The molecule has 15 heavy (non-hydrogen) atoms. The largest absolute Gasteiger partial charge is 0.504 e. The number of benzene rings is 1. The summed E-state index contributed by atoms with van der Waals surface area (Å²) < 4.78 is 10.6. The molecule has 1 aromatic carbocycles. The lowest BCUT2D eigenvalue weighted by Gasteiger charge is -2.12. The van der Waals surface area contributed by atoms with Gasteiger partial charge in [-0.1, -0.05) is 18.2 Å². The fourth-order valence-corrected chi connectivity index (χ4v) is 1.69. The van der Waals surface area contributed by atoms with E-state index in [2.05, 4.69) is 0 Å². The maximum atomic E-state index is 9.90. The fourth-order valence-electron chi connectivity index (χ4n) is 1.69. The number of ether oxygens (including phenoxy) is 2. The molecular weight excluding hydrogens is 192 g/mol. The molecule has 0 bridgehead atoms. The lowest BCUT2D eigenvalue weighted by atomic mass is 10.1. The predicted molar refractivity (Wildman–Crippen MR) is 57.1 cm³/mol. The lowest BCUT2D eigenvalue weighted by molar-refractivity contribution is 0.124. The first kappa shape index (κ1) is 10.1. The zero-order valence-corrected chi connectivity index (χ0v) is 8.86. The summed E-state index contributed by atoms with van der Waals surface area (Å²) >= 11 is 0. The zero-order valence-electron chi connectivity index (χ0n) is 8.86. The minimum absolute atomic E-state index is 0.153. The molecule has 1 aromatic rings. The van der Waals surface area contributed by atoms with Crippen molar-refractivity contribution in [2.24, 2.45) is 0 Å². The predicted octanol–water partition coefficient (Wildman–Crippen LogP) is 2.42. The second kappa shape index (κ2) is 3.95. The normalized spacial score (nSPS) is 20.1. The monoisotopic (exact) mass is 206 g/mol. The Kier molecular flexibility index (Phi) is 2.64. The number of phenolic OH excluding ortho intramolecular Hbond substituents is 1. The molecule has 0 saturated heterocycles. The molecule has 0 radical (unpaired) electrons. The van der Waals surface area contributed by atoms with Gasteiger partial charge in [0.05, 0.1) is 13.7 Å². The summed E-state index contributed by atoms with van der Waals surface area (Å²) in [6.45, 7) is 2.64. The first-order valence-electron chi connectivity index (χ1n) is 4.87. The maximum Gasteiger partial charge on any atom is 0.163 e. The van der Waals surface area contributed by atoms with Crippen molar-refractivity contribution in [3.63, 3.8) is 0 Å². The van der Waals surface area contributed by atoms with E-state index < -0.39 is 0 Å². The first-order valence-corrected chi connectivity index (χ1v) is 4.87. The van der Waals surface area contributed by atoms with Gasteiger partial charge in [0.2, 0.25) is 0 Å². The van der Waals surface area contributed by atoms with E-state index in [1.165, 1.54) is 12.7 Å². The van der Waals surface area contributed by atoms with E-state index >= 15 is 0 Å². The number of hydrogen-bond donors (Lipinski definition) is 1. The number of aromatic hydroxyl groups is 1. The van der Waals surface area contributed by atoms with E-state index in [9.17, 15) is 5.11 Å². The van der Waals surface area contributed by atoms with Crippen molar-refractivity contribution in [2.45, 2.75) is 13.0 Å². The topological polar surface area (TPSA) is 38.7 Å². The van der Waals surface area contributed by atoms with Gasteiger partial charge in [-0.3, -0.25) is 0 Å². The number of methoxy groups -OCH3 is 1. The molecule has 0 saturated carbocycles. The molecule has 0 aromatic heterocycles. The third kappa shape index (κ3) is 1.83. The molecule has 3 nitrogen and oxygen atoms in total. The van der Waals surface area contributed by atoms with Crippen LogP contribution in [0.5, 0.6) is 11.5 Å².